The lowest BCUT2D eigenvalue weighted by atomic mass is 10.2. The van der Waals surface area contributed by atoms with Gasteiger partial charge in [0.15, 0.2) is 0 Å². The van der Waals surface area contributed by atoms with Crippen LogP contribution in [0.2, 0.25) is 0 Å². The third kappa shape index (κ3) is 2.69. The summed E-state index contributed by atoms with van der Waals surface area (Å²) in [5.41, 5.74) is 1.56. The summed E-state index contributed by atoms with van der Waals surface area (Å²) in [7, 11) is 0. The molecule has 0 fully saturated rings. The molecule has 0 saturated carbocycles. The predicted molar refractivity (Wildman–Crippen MR) is 68.7 cm³/mol. The molecule has 1 heterocycles. The highest BCUT2D eigenvalue weighted by Crippen LogP contribution is 2.14. The fraction of sp³-hybridized carbons (Fsp3) is 0.0714. The lowest BCUT2D eigenvalue weighted by Crippen LogP contribution is -2.04. The van der Waals surface area contributed by atoms with Crippen molar-refractivity contribution in [1.82, 2.24) is 20.2 Å². The maximum Gasteiger partial charge on any atom is 0.204 e. The molecule has 0 bridgehead atoms. The number of halogens is 2. The number of rotatable bonds is 3. The van der Waals surface area contributed by atoms with E-state index in [1.807, 2.05) is 0 Å². The molecule has 0 spiro atoms. The van der Waals surface area contributed by atoms with Crippen molar-refractivity contribution in [3.63, 3.8) is 0 Å². The Kier molecular flexibility index (Phi) is 3.20. The minimum absolute atomic E-state index is 0.285. The molecule has 0 aliphatic heterocycles. The van der Waals surface area contributed by atoms with Gasteiger partial charge in [-0.25, -0.2) is 8.78 Å². The maximum absolute atomic E-state index is 12.8. The first-order valence-electron chi connectivity index (χ1n) is 5.99. The van der Waals surface area contributed by atoms with Crippen LogP contribution in [0.3, 0.4) is 0 Å². The highest BCUT2D eigenvalue weighted by Gasteiger charge is 2.06. The van der Waals surface area contributed by atoms with Crippen molar-refractivity contribution in [2.75, 3.05) is 0 Å². The molecule has 1 aromatic heterocycles. The summed E-state index contributed by atoms with van der Waals surface area (Å²) in [4.78, 5) is 1.41. The van der Waals surface area contributed by atoms with E-state index in [9.17, 15) is 8.78 Å². The van der Waals surface area contributed by atoms with Crippen molar-refractivity contribution in [3.05, 3.63) is 65.7 Å². The van der Waals surface area contributed by atoms with Crippen molar-refractivity contribution in [1.29, 1.82) is 0 Å². The first-order chi connectivity index (χ1) is 9.70. The number of aromatic nitrogens is 4. The molecule has 0 radical (unpaired) electrons. The van der Waals surface area contributed by atoms with Crippen LogP contribution >= 0.6 is 0 Å². The van der Waals surface area contributed by atoms with Gasteiger partial charge in [0.2, 0.25) is 5.82 Å². The lowest BCUT2D eigenvalue weighted by molar-refractivity contribution is 0.570. The first kappa shape index (κ1) is 12.4. The smallest absolute Gasteiger partial charge is 0.204 e. The second-order valence-corrected chi connectivity index (χ2v) is 4.28. The molecule has 0 amide bonds. The standard InChI is InChI=1S/C14H10F2N4/c15-12-5-1-10(2-6-12)9-20-18-14(17-19-20)11-3-7-13(16)8-4-11/h1-8H,9H2. The van der Waals surface area contributed by atoms with Gasteiger partial charge in [0.25, 0.3) is 0 Å². The Labute approximate surface area is 113 Å². The van der Waals surface area contributed by atoms with Gasteiger partial charge in [-0.1, -0.05) is 12.1 Å². The quantitative estimate of drug-likeness (QED) is 0.736. The van der Waals surface area contributed by atoms with Gasteiger partial charge in [-0.3, -0.25) is 0 Å². The largest absolute Gasteiger partial charge is 0.207 e. The summed E-state index contributed by atoms with van der Waals surface area (Å²) in [6.45, 7) is 0.397. The fourth-order valence-electron chi connectivity index (χ4n) is 1.78. The number of hydrogen-bond donors (Lipinski definition) is 0. The van der Waals surface area contributed by atoms with Crippen LogP contribution in [-0.2, 0) is 6.54 Å². The summed E-state index contributed by atoms with van der Waals surface area (Å²) in [5.74, 6) is -0.174. The molecule has 0 N–H and O–H groups in total. The van der Waals surface area contributed by atoms with Crippen LogP contribution in [0.15, 0.2) is 48.5 Å². The van der Waals surface area contributed by atoms with E-state index in [0.29, 0.717) is 17.9 Å². The van der Waals surface area contributed by atoms with Crippen LogP contribution < -0.4 is 0 Å². The van der Waals surface area contributed by atoms with Crippen LogP contribution in [0.1, 0.15) is 5.56 Å². The van der Waals surface area contributed by atoms with Gasteiger partial charge in [0, 0.05) is 5.56 Å². The molecular weight excluding hydrogens is 262 g/mol. The van der Waals surface area contributed by atoms with Crippen LogP contribution in [0.4, 0.5) is 8.78 Å². The van der Waals surface area contributed by atoms with E-state index in [1.54, 1.807) is 24.3 Å². The molecule has 2 aromatic carbocycles. The van der Waals surface area contributed by atoms with Crippen molar-refractivity contribution >= 4 is 0 Å². The molecule has 20 heavy (non-hydrogen) atoms. The van der Waals surface area contributed by atoms with E-state index in [-0.39, 0.29) is 11.6 Å². The van der Waals surface area contributed by atoms with Crippen LogP contribution in [0.5, 0.6) is 0 Å². The maximum atomic E-state index is 12.8. The Balaban J connectivity index is 1.80. The zero-order valence-corrected chi connectivity index (χ0v) is 10.4. The lowest BCUT2D eigenvalue weighted by Gasteiger charge is -1.99. The monoisotopic (exact) mass is 272 g/mol. The number of hydrogen-bond acceptors (Lipinski definition) is 3. The van der Waals surface area contributed by atoms with Gasteiger partial charge in [-0.05, 0) is 47.2 Å². The Bertz CT molecular complexity index is 705. The number of benzene rings is 2. The Morgan fingerprint density at radius 3 is 2.10 bits per heavy atom. The van der Waals surface area contributed by atoms with Crippen molar-refractivity contribution in [3.8, 4) is 11.4 Å². The summed E-state index contributed by atoms with van der Waals surface area (Å²) >= 11 is 0. The average Bonchev–Trinajstić information content (AvgIpc) is 2.91. The summed E-state index contributed by atoms with van der Waals surface area (Å²) in [5, 5.41) is 12.0. The molecule has 0 saturated heterocycles. The third-order valence-electron chi connectivity index (χ3n) is 2.79. The number of tetrazole rings is 1. The molecule has 100 valence electrons. The van der Waals surface area contributed by atoms with Crippen molar-refractivity contribution in [2.24, 2.45) is 0 Å². The molecule has 4 nitrogen and oxygen atoms in total. The second kappa shape index (κ2) is 5.16. The molecule has 3 aromatic rings. The Morgan fingerprint density at radius 1 is 0.850 bits per heavy atom. The van der Waals surface area contributed by atoms with E-state index >= 15 is 0 Å². The van der Waals surface area contributed by atoms with E-state index in [1.165, 1.54) is 29.1 Å². The minimum atomic E-state index is -0.313. The molecular formula is C14H10F2N4. The van der Waals surface area contributed by atoms with E-state index in [4.69, 9.17) is 0 Å². The molecule has 0 unspecified atom stereocenters. The third-order valence-corrected chi connectivity index (χ3v) is 2.79. The summed E-state index contributed by atoms with van der Waals surface area (Å²) < 4.78 is 25.6. The van der Waals surface area contributed by atoms with Crippen LogP contribution in [-0.4, -0.2) is 20.2 Å². The van der Waals surface area contributed by atoms with E-state index < -0.39 is 0 Å². The number of nitrogens with zero attached hydrogens (tertiary/aromatic N) is 4. The van der Waals surface area contributed by atoms with Gasteiger partial charge < -0.3 is 0 Å². The Morgan fingerprint density at radius 2 is 1.45 bits per heavy atom. The predicted octanol–water partition coefficient (Wildman–Crippen LogP) is 2.67. The van der Waals surface area contributed by atoms with Crippen molar-refractivity contribution < 1.29 is 8.78 Å². The zero-order chi connectivity index (χ0) is 13.9. The Hall–Kier alpha value is -2.63. The van der Waals surface area contributed by atoms with E-state index in [0.717, 1.165) is 5.56 Å². The normalized spacial score (nSPS) is 10.7. The van der Waals surface area contributed by atoms with Crippen molar-refractivity contribution in [2.45, 2.75) is 6.54 Å². The second-order valence-electron chi connectivity index (χ2n) is 4.28. The van der Waals surface area contributed by atoms with Gasteiger partial charge in [-0.2, -0.15) is 4.80 Å². The van der Waals surface area contributed by atoms with Crippen LogP contribution in [0.25, 0.3) is 11.4 Å². The summed E-state index contributed by atoms with van der Waals surface area (Å²) in [6, 6.07) is 12.0. The highest BCUT2D eigenvalue weighted by molar-refractivity contribution is 5.53. The first-order valence-corrected chi connectivity index (χ1v) is 5.99. The fourth-order valence-corrected chi connectivity index (χ4v) is 1.78. The van der Waals surface area contributed by atoms with Gasteiger partial charge in [-0.15, -0.1) is 10.2 Å². The topological polar surface area (TPSA) is 43.6 Å². The molecule has 3 rings (SSSR count). The van der Waals surface area contributed by atoms with E-state index in [2.05, 4.69) is 15.4 Å². The van der Waals surface area contributed by atoms with Gasteiger partial charge >= 0.3 is 0 Å². The molecule has 0 aliphatic carbocycles. The summed E-state index contributed by atoms with van der Waals surface area (Å²) in [6.07, 6.45) is 0. The van der Waals surface area contributed by atoms with Gasteiger partial charge in [0.05, 0.1) is 6.54 Å². The minimum Gasteiger partial charge on any atom is -0.207 e. The average molecular weight is 272 g/mol. The van der Waals surface area contributed by atoms with Gasteiger partial charge in [0.1, 0.15) is 11.6 Å². The molecule has 6 heteroatoms. The molecule has 0 atom stereocenters. The zero-order valence-electron chi connectivity index (χ0n) is 10.4. The highest BCUT2D eigenvalue weighted by atomic mass is 19.1. The molecule has 0 aliphatic rings. The van der Waals surface area contributed by atoms with Crippen LogP contribution in [0, 0.1) is 11.6 Å². The SMILES string of the molecule is Fc1ccc(Cn2nnc(-c3ccc(F)cc3)n2)cc1.